The number of amides is 2. The molecule has 11 heteroatoms. The predicted molar refractivity (Wildman–Crippen MR) is 158 cm³/mol. The van der Waals surface area contributed by atoms with Crippen LogP contribution in [0.4, 0.5) is 5.69 Å². The van der Waals surface area contributed by atoms with Crippen LogP contribution < -0.4 is 20.1 Å². The van der Waals surface area contributed by atoms with E-state index in [-0.39, 0.29) is 30.9 Å². The minimum absolute atomic E-state index is 0.0668. The van der Waals surface area contributed by atoms with Crippen LogP contribution >= 0.6 is 0 Å². The quantitative estimate of drug-likeness (QED) is 0.381. The number of carbonyl (C=O) groups is 3. The van der Waals surface area contributed by atoms with Gasteiger partial charge in [-0.2, -0.15) is 4.98 Å². The largest absolute Gasteiger partial charge is 0.497 e. The highest BCUT2D eigenvalue weighted by molar-refractivity contribution is 5.96. The van der Waals surface area contributed by atoms with Gasteiger partial charge in [0, 0.05) is 18.2 Å². The van der Waals surface area contributed by atoms with Crippen molar-refractivity contribution in [2.24, 2.45) is 5.92 Å². The van der Waals surface area contributed by atoms with E-state index in [0.717, 1.165) is 44.2 Å². The van der Waals surface area contributed by atoms with Crippen LogP contribution in [0.25, 0.3) is 11.1 Å². The molecule has 0 bridgehead atoms. The molecule has 3 heterocycles. The number of nitrogens with zero attached hydrogens (tertiary/aromatic N) is 2. The number of para-hydroxylation sites is 2. The number of carboxylic acids is 1. The molecule has 2 aliphatic heterocycles. The van der Waals surface area contributed by atoms with Gasteiger partial charge in [0.25, 0.3) is 0 Å². The number of fused-ring (bicyclic) bond motifs is 3. The van der Waals surface area contributed by atoms with Crippen molar-refractivity contribution in [2.45, 2.75) is 81.5 Å². The van der Waals surface area contributed by atoms with Crippen molar-refractivity contribution >= 4 is 34.6 Å². The first-order chi connectivity index (χ1) is 20.9. The number of aliphatic carboxylic acids is 1. The number of oxazole rings is 1. The molecule has 0 radical (unpaired) electrons. The maximum atomic E-state index is 14.3. The zero-order chi connectivity index (χ0) is 30.0. The second-order valence-corrected chi connectivity index (χ2v) is 11.9. The molecular weight excluding hydrogens is 552 g/mol. The fourth-order valence-corrected chi connectivity index (χ4v) is 6.51. The van der Waals surface area contributed by atoms with Gasteiger partial charge in [-0.05, 0) is 49.4 Å². The van der Waals surface area contributed by atoms with Crippen molar-refractivity contribution in [1.29, 1.82) is 0 Å². The number of aromatic nitrogens is 1. The number of methoxy groups -OCH3 is 1. The van der Waals surface area contributed by atoms with E-state index in [1.165, 1.54) is 4.90 Å². The molecule has 228 valence electrons. The van der Waals surface area contributed by atoms with Crippen molar-refractivity contribution in [2.75, 3.05) is 19.0 Å². The Morgan fingerprint density at radius 2 is 1.88 bits per heavy atom. The number of benzene rings is 2. The van der Waals surface area contributed by atoms with Gasteiger partial charge in [-0.3, -0.25) is 9.59 Å². The van der Waals surface area contributed by atoms with E-state index in [4.69, 9.17) is 13.9 Å². The summed E-state index contributed by atoms with van der Waals surface area (Å²) in [5.74, 6) is -1.19. The Labute approximate surface area is 249 Å². The summed E-state index contributed by atoms with van der Waals surface area (Å²) in [6.07, 6.45) is 6.12. The Morgan fingerprint density at radius 1 is 1.09 bits per heavy atom. The van der Waals surface area contributed by atoms with Crippen LogP contribution in [-0.2, 0) is 14.4 Å². The van der Waals surface area contributed by atoms with Gasteiger partial charge in [0.1, 0.15) is 35.0 Å². The monoisotopic (exact) mass is 590 g/mol. The van der Waals surface area contributed by atoms with Crippen LogP contribution in [0.15, 0.2) is 52.9 Å². The molecule has 2 aromatic carbocycles. The lowest BCUT2D eigenvalue weighted by molar-refractivity contribution is -0.145. The van der Waals surface area contributed by atoms with Gasteiger partial charge in [-0.25, -0.2) is 4.79 Å². The van der Waals surface area contributed by atoms with Crippen LogP contribution in [0, 0.1) is 5.92 Å². The fraction of sp³-hybridized carbons (Fsp3) is 0.500. The molecule has 2 amide bonds. The summed E-state index contributed by atoms with van der Waals surface area (Å²) in [6.45, 7) is 0.134. The Kier molecular flexibility index (Phi) is 8.14. The van der Waals surface area contributed by atoms with Gasteiger partial charge in [0.15, 0.2) is 5.58 Å². The molecule has 2 saturated heterocycles. The third-order valence-electron chi connectivity index (χ3n) is 8.98. The van der Waals surface area contributed by atoms with E-state index in [2.05, 4.69) is 15.6 Å². The van der Waals surface area contributed by atoms with Crippen molar-refractivity contribution in [3.8, 4) is 11.8 Å². The zero-order valence-corrected chi connectivity index (χ0v) is 24.3. The average molecular weight is 591 g/mol. The van der Waals surface area contributed by atoms with Gasteiger partial charge in [0.05, 0.1) is 13.7 Å². The minimum atomic E-state index is -1.29. The Morgan fingerprint density at radius 3 is 2.67 bits per heavy atom. The SMILES string of the molecule is COc1cccc(N[C@H]2CCCCCCC[C@@H]3C[C@@]3(C(=O)O)NC(=O)[C@@H]3C[C@@H](Oc4nc5ccccc5o4)CN3C2=O)c1. The number of rotatable bonds is 6. The van der Waals surface area contributed by atoms with E-state index < -0.39 is 35.6 Å². The maximum absolute atomic E-state index is 14.3. The zero-order valence-electron chi connectivity index (χ0n) is 24.3. The topological polar surface area (TPSA) is 143 Å². The summed E-state index contributed by atoms with van der Waals surface area (Å²) in [4.78, 5) is 46.4. The van der Waals surface area contributed by atoms with Crippen molar-refractivity contribution < 1.29 is 33.4 Å². The van der Waals surface area contributed by atoms with Crippen molar-refractivity contribution in [1.82, 2.24) is 15.2 Å². The summed E-state index contributed by atoms with van der Waals surface area (Å²) in [7, 11) is 1.59. The highest BCUT2D eigenvalue weighted by Crippen LogP contribution is 2.47. The number of hydrogen-bond acceptors (Lipinski definition) is 8. The number of hydrogen-bond donors (Lipinski definition) is 3. The van der Waals surface area contributed by atoms with Crippen LogP contribution in [-0.4, -0.2) is 70.2 Å². The maximum Gasteiger partial charge on any atom is 0.394 e. The molecular formula is C32H38N4O7. The van der Waals surface area contributed by atoms with Crippen molar-refractivity contribution in [3.05, 3.63) is 48.5 Å². The Hall–Kier alpha value is -4.28. The Bertz CT molecular complexity index is 1460. The third-order valence-corrected chi connectivity index (χ3v) is 8.98. The molecule has 3 aromatic rings. The molecule has 3 aliphatic rings. The molecule has 6 rings (SSSR count). The first-order valence-corrected chi connectivity index (χ1v) is 15.1. The fourth-order valence-electron chi connectivity index (χ4n) is 6.51. The molecule has 3 N–H and O–H groups in total. The number of carboxylic acid groups (broad SMARTS) is 1. The molecule has 43 heavy (non-hydrogen) atoms. The van der Waals surface area contributed by atoms with E-state index >= 15 is 0 Å². The van der Waals surface area contributed by atoms with E-state index in [1.807, 2.05) is 42.5 Å². The van der Waals surface area contributed by atoms with Crippen LogP contribution in [0.5, 0.6) is 11.8 Å². The molecule has 0 unspecified atom stereocenters. The van der Waals surface area contributed by atoms with Crippen LogP contribution in [0.1, 0.15) is 57.8 Å². The smallest absolute Gasteiger partial charge is 0.394 e. The van der Waals surface area contributed by atoms with E-state index in [9.17, 15) is 19.5 Å². The summed E-state index contributed by atoms with van der Waals surface area (Å²) >= 11 is 0. The molecule has 5 atom stereocenters. The van der Waals surface area contributed by atoms with Crippen molar-refractivity contribution in [3.63, 3.8) is 0 Å². The number of anilines is 1. The first-order valence-electron chi connectivity index (χ1n) is 15.1. The lowest BCUT2D eigenvalue weighted by Gasteiger charge is -2.30. The summed E-state index contributed by atoms with van der Waals surface area (Å²) in [6, 6.07) is 13.2. The van der Waals surface area contributed by atoms with E-state index in [1.54, 1.807) is 13.2 Å². The summed E-state index contributed by atoms with van der Waals surface area (Å²) in [5, 5.41) is 16.3. The molecule has 0 spiro atoms. The van der Waals surface area contributed by atoms with Gasteiger partial charge in [-0.15, -0.1) is 0 Å². The van der Waals surface area contributed by atoms with Crippen LogP contribution in [0.2, 0.25) is 0 Å². The van der Waals surface area contributed by atoms with Gasteiger partial charge in [-0.1, -0.05) is 50.3 Å². The normalized spacial score (nSPS) is 28.2. The minimum Gasteiger partial charge on any atom is -0.497 e. The van der Waals surface area contributed by atoms with Gasteiger partial charge < -0.3 is 34.5 Å². The molecule has 11 nitrogen and oxygen atoms in total. The van der Waals surface area contributed by atoms with E-state index in [0.29, 0.717) is 29.7 Å². The average Bonchev–Trinajstić information content (AvgIpc) is 3.32. The second kappa shape index (κ2) is 12.1. The van der Waals surface area contributed by atoms with Crippen LogP contribution in [0.3, 0.4) is 0 Å². The Balaban J connectivity index is 1.28. The predicted octanol–water partition coefficient (Wildman–Crippen LogP) is 4.37. The number of ether oxygens (including phenoxy) is 2. The summed E-state index contributed by atoms with van der Waals surface area (Å²) < 4.78 is 17.2. The molecule has 3 fully saturated rings. The second-order valence-electron chi connectivity index (χ2n) is 11.9. The molecule has 1 saturated carbocycles. The number of nitrogens with one attached hydrogen (secondary N) is 2. The molecule has 1 aromatic heterocycles. The standard InChI is InChI=1S/C32H38N4O7/c1-41-22-12-9-11-21(16-22)33-25-14-6-4-2-3-5-10-20-18-32(20,30(39)40)35-28(37)26-17-23(19-36(26)29(25)38)42-31-34-24-13-7-8-15-27(24)43-31/h7-9,11-13,15-16,20,23,25-26,33H,2-6,10,14,17-19H2,1H3,(H,35,37)(H,39,40)/t20-,23-,25+,26+,32-/m1/s1. The highest BCUT2D eigenvalue weighted by atomic mass is 16.6. The van der Waals surface area contributed by atoms with Gasteiger partial charge in [0.2, 0.25) is 11.8 Å². The lowest BCUT2D eigenvalue weighted by Crippen LogP contribution is -2.55. The highest BCUT2D eigenvalue weighted by Gasteiger charge is 2.62. The number of carbonyl (C=O) groups excluding carboxylic acids is 2. The first kappa shape index (κ1) is 28.8. The summed E-state index contributed by atoms with van der Waals surface area (Å²) in [5.41, 5.74) is 0.666. The lowest BCUT2D eigenvalue weighted by atomic mass is 10.0. The molecule has 1 aliphatic carbocycles. The third kappa shape index (κ3) is 6.11. The van der Waals surface area contributed by atoms with Gasteiger partial charge >= 0.3 is 12.0 Å².